The molecule has 1 atom stereocenters. The summed E-state index contributed by atoms with van der Waals surface area (Å²) in [4.78, 5) is 43.1. The van der Waals surface area contributed by atoms with Crippen LogP contribution in [0.3, 0.4) is 0 Å². The number of piperidine rings is 1. The average Bonchev–Trinajstić information content (AvgIpc) is 3.61. The van der Waals surface area contributed by atoms with Gasteiger partial charge in [0.1, 0.15) is 17.3 Å². The molecule has 2 amide bonds. The first-order chi connectivity index (χ1) is 22.1. The van der Waals surface area contributed by atoms with Crippen LogP contribution in [0.1, 0.15) is 41.3 Å². The molecular weight excluding hydrogens is 613 g/mol. The van der Waals surface area contributed by atoms with Gasteiger partial charge in [-0.25, -0.2) is 9.36 Å². The lowest BCUT2D eigenvalue weighted by atomic mass is 10.0. The van der Waals surface area contributed by atoms with Crippen molar-refractivity contribution >= 4 is 11.8 Å². The van der Waals surface area contributed by atoms with Gasteiger partial charge in [0, 0.05) is 33.0 Å². The van der Waals surface area contributed by atoms with Crippen LogP contribution in [0, 0.1) is 11.3 Å². The number of alkyl halides is 3. The van der Waals surface area contributed by atoms with Crippen molar-refractivity contribution in [1.29, 1.82) is 5.26 Å². The minimum Gasteiger partial charge on any atom is -0.340 e. The summed E-state index contributed by atoms with van der Waals surface area (Å²) in [6, 6.07) is 13.7. The van der Waals surface area contributed by atoms with Crippen molar-refractivity contribution in [3.05, 3.63) is 87.8 Å². The van der Waals surface area contributed by atoms with Gasteiger partial charge in [-0.2, -0.15) is 23.5 Å². The van der Waals surface area contributed by atoms with Crippen molar-refractivity contribution in [2.75, 3.05) is 34.2 Å². The van der Waals surface area contributed by atoms with E-state index >= 15 is 0 Å². The highest BCUT2D eigenvalue weighted by molar-refractivity contribution is 6.02. The quantitative estimate of drug-likeness (QED) is 0.306. The predicted molar refractivity (Wildman–Crippen MR) is 168 cm³/mol. The Bertz CT molecular complexity index is 1900. The number of carbonyl (C=O) groups excluding carboxylic acids is 2. The Hall–Kier alpha value is -5.16. The monoisotopic (exact) mass is 649 g/mol. The molecule has 14 heteroatoms. The Labute approximate surface area is 269 Å². The summed E-state index contributed by atoms with van der Waals surface area (Å²) in [5.41, 5.74) is -1.06. The molecule has 246 valence electrons. The lowest BCUT2D eigenvalue weighted by molar-refractivity contribution is -0.897. The van der Waals surface area contributed by atoms with Crippen LogP contribution in [0.15, 0.2) is 65.6 Å². The molecule has 0 aliphatic carbocycles. The summed E-state index contributed by atoms with van der Waals surface area (Å²) in [5.74, 6) is -1.16. The van der Waals surface area contributed by atoms with Crippen LogP contribution in [-0.2, 0) is 18.0 Å². The molecule has 2 aromatic heterocycles. The molecular formula is C33H36F3N8O3+. The first kappa shape index (κ1) is 33.2. The molecule has 0 spiro atoms. The number of aromatic nitrogens is 4. The zero-order valence-electron chi connectivity index (χ0n) is 26.7. The Kier molecular flexibility index (Phi) is 8.87. The second kappa shape index (κ2) is 12.6. The third-order valence-corrected chi connectivity index (χ3v) is 8.63. The van der Waals surface area contributed by atoms with Crippen molar-refractivity contribution in [1.82, 2.24) is 29.4 Å². The fourth-order valence-corrected chi connectivity index (χ4v) is 6.04. The number of benzene rings is 2. The van der Waals surface area contributed by atoms with E-state index in [2.05, 4.69) is 31.6 Å². The van der Waals surface area contributed by atoms with Crippen LogP contribution in [0.4, 0.5) is 13.2 Å². The third-order valence-electron chi connectivity index (χ3n) is 8.63. The lowest BCUT2D eigenvalue weighted by Gasteiger charge is -2.40. The summed E-state index contributed by atoms with van der Waals surface area (Å²) >= 11 is 0. The highest BCUT2D eigenvalue weighted by atomic mass is 19.4. The molecule has 47 heavy (non-hydrogen) atoms. The van der Waals surface area contributed by atoms with E-state index < -0.39 is 29.2 Å². The van der Waals surface area contributed by atoms with Crippen LogP contribution in [0.2, 0.25) is 0 Å². The maximum Gasteiger partial charge on any atom is 0.416 e. The van der Waals surface area contributed by atoms with E-state index in [1.54, 1.807) is 42.2 Å². The molecule has 1 saturated heterocycles. The van der Waals surface area contributed by atoms with E-state index in [-0.39, 0.29) is 28.5 Å². The van der Waals surface area contributed by atoms with E-state index in [1.165, 1.54) is 34.7 Å². The highest BCUT2D eigenvalue weighted by Gasteiger charge is 2.35. The Morgan fingerprint density at radius 2 is 1.70 bits per heavy atom. The zero-order chi connectivity index (χ0) is 34.3. The molecule has 0 saturated carbocycles. The summed E-state index contributed by atoms with van der Waals surface area (Å²) in [6.45, 7) is 2.60. The molecule has 0 unspecified atom stereocenters. The minimum absolute atomic E-state index is 0.0650. The molecule has 0 bridgehead atoms. The lowest BCUT2D eigenvalue weighted by Crippen LogP contribution is -2.55. The molecule has 2 aromatic carbocycles. The summed E-state index contributed by atoms with van der Waals surface area (Å²) < 4.78 is 45.4. The number of quaternary nitrogens is 1. The molecule has 11 nitrogen and oxygen atoms in total. The summed E-state index contributed by atoms with van der Waals surface area (Å²) in [5, 5.41) is 16.3. The maximum absolute atomic E-state index is 14.1. The first-order valence-electron chi connectivity index (χ1n) is 15.1. The van der Waals surface area contributed by atoms with E-state index in [0.717, 1.165) is 34.1 Å². The number of nitriles is 1. The average molecular weight is 650 g/mol. The van der Waals surface area contributed by atoms with Crippen LogP contribution in [-0.4, -0.2) is 86.7 Å². The van der Waals surface area contributed by atoms with Gasteiger partial charge in [0.25, 0.3) is 11.5 Å². The maximum atomic E-state index is 14.1. The van der Waals surface area contributed by atoms with E-state index in [0.29, 0.717) is 30.4 Å². The number of nitrogens with zero attached hydrogens (tertiary/aromatic N) is 7. The summed E-state index contributed by atoms with van der Waals surface area (Å²) in [7, 11) is 7.79. The molecule has 1 N–H and O–H groups in total. The third kappa shape index (κ3) is 6.57. The summed E-state index contributed by atoms with van der Waals surface area (Å²) in [6.07, 6.45) is -1.61. The highest BCUT2D eigenvalue weighted by Crippen LogP contribution is 2.31. The second-order valence-corrected chi connectivity index (χ2v) is 12.6. The van der Waals surface area contributed by atoms with Gasteiger partial charge >= 0.3 is 6.18 Å². The largest absolute Gasteiger partial charge is 0.416 e. The second-order valence-electron chi connectivity index (χ2n) is 12.6. The zero-order valence-corrected chi connectivity index (χ0v) is 26.7. The van der Waals surface area contributed by atoms with Gasteiger partial charge in [0.15, 0.2) is 0 Å². The number of rotatable bonds is 7. The smallest absolute Gasteiger partial charge is 0.340 e. The normalized spacial score (nSPS) is 14.9. The van der Waals surface area contributed by atoms with Gasteiger partial charge in [-0.3, -0.25) is 19.1 Å². The van der Waals surface area contributed by atoms with Gasteiger partial charge in [-0.1, -0.05) is 6.07 Å². The van der Waals surface area contributed by atoms with Crippen molar-refractivity contribution < 1.29 is 27.2 Å². The van der Waals surface area contributed by atoms with Crippen molar-refractivity contribution in [2.24, 2.45) is 7.05 Å². The Balaban J connectivity index is 1.56. The fraction of sp³-hybridized carbons (Fsp3) is 0.364. The van der Waals surface area contributed by atoms with Crippen LogP contribution >= 0.6 is 0 Å². The molecule has 3 heterocycles. The predicted octanol–water partition coefficient (Wildman–Crippen LogP) is 3.73. The first-order valence-corrected chi connectivity index (χ1v) is 15.1. The molecule has 1 aliphatic heterocycles. The van der Waals surface area contributed by atoms with Crippen LogP contribution < -0.4 is 10.9 Å². The number of carbonyl (C=O) groups is 2. The van der Waals surface area contributed by atoms with Gasteiger partial charge in [0.2, 0.25) is 5.91 Å². The molecule has 5 rings (SSSR count). The number of halogens is 3. The minimum atomic E-state index is -4.67. The van der Waals surface area contributed by atoms with Gasteiger partial charge in [-0.05, 0) is 55.5 Å². The standard InChI is InChI=1S/C33H35F3N8O3/c1-21(31(46)41-17-14-26(15-18-41)44(3,4)5)39-30(45)28-29(27-13-16-38-42(27)24-11-9-22(20-37)10-12-24)40(2)43(32(28)47)25-8-6-7-23(19-25)33(34,35)36/h6-13,16,19,21,26H,14-15,17-18H2,1-5H3/p+1/t21-/m0/s1. The van der Waals surface area contributed by atoms with E-state index in [1.807, 2.05) is 6.07 Å². The van der Waals surface area contributed by atoms with Gasteiger partial charge in [-0.15, -0.1) is 0 Å². The molecule has 1 fully saturated rings. The van der Waals surface area contributed by atoms with Gasteiger partial charge < -0.3 is 14.7 Å². The topological polar surface area (TPSA) is 118 Å². The Morgan fingerprint density at radius 3 is 2.30 bits per heavy atom. The molecule has 1 aliphatic rings. The SMILES string of the molecule is C[C@H](NC(=O)c1c(-c2ccnn2-c2ccc(C#N)cc2)n(C)n(-c2cccc(C(F)(F)F)c2)c1=O)C(=O)N1CCC([N+](C)(C)C)CC1. The van der Waals surface area contributed by atoms with Crippen molar-refractivity contribution in [3.8, 4) is 28.8 Å². The van der Waals surface area contributed by atoms with E-state index in [9.17, 15) is 32.8 Å². The molecule has 0 radical (unpaired) electrons. The number of nitrogens with one attached hydrogen (secondary N) is 1. The van der Waals surface area contributed by atoms with Crippen LogP contribution in [0.25, 0.3) is 22.8 Å². The van der Waals surface area contributed by atoms with Crippen molar-refractivity contribution in [2.45, 2.75) is 38.0 Å². The molecule has 4 aromatic rings. The number of hydrogen-bond donors (Lipinski definition) is 1. The van der Waals surface area contributed by atoms with E-state index in [4.69, 9.17) is 0 Å². The van der Waals surface area contributed by atoms with Crippen LogP contribution in [0.5, 0.6) is 0 Å². The number of hydrogen-bond acceptors (Lipinski definition) is 5. The number of amides is 2. The fourth-order valence-electron chi connectivity index (χ4n) is 6.04. The Morgan fingerprint density at radius 1 is 1.04 bits per heavy atom. The van der Waals surface area contributed by atoms with Gasteiger partial charge in [0.05, 0.1) is 67.6 Å². The van der Waals surface area contributed by atoms with Crippen molar-refractivity contribution in [3.63, 3.8) is 0 Å². The number of likely N-dealkylation sites (tertiary alicyclic amines) is 1.